The van der Waals surface area contributed by atoms with Gasteiger partial charge in [-0.15, -0.1) is 0 Å². The van der Waals surface area contributed by atoms with Crippen LogP contribution >= 0.6 is 0 Å². The van der Waals surface area contributed by atoms with Crippen molar-refractivity contribution in [1.29, 1.82) is 0 Å². The number of benzene rings is 1. The minimum absolute atomic E-state index is 0.112. The minimum Gasteiger partial charge on any atom is -0.447 e. The molecule has 1 N–H and O–H groups in total. The van der Waals surface area contributed by atoms with Crippen LogP contribution in [0.2, 0.25) is 0 Å². The molecule has 0 saturated carbocycles. The summed E-state index contributed by atoms with van der Waals surface area (Å²) in [7, 11) is 0. The average Bonchev–Trinajstić information content (AvgIpc) is 2.76. The molecule has 0 spiro atoms. The highest BCUT2D eigenvalue weighted by Crippen LogP contribution is 2.18. The van der Waals surface area contributed by atoms with Crippen LogP contribution in [0.1, 0.15) is 18.1 Å². The molecule has 0 bridgehead atoms. The van der Waals surface area contributed by atoms with E-state index in [2.05, 4.69) is 4.74 Å². The average molecular weight is 235 g/mol. The second kappa shape index (κ2) is 4.97. The van der Waals surface area contributed by atoms with Crippen LogP contribution < -0.4 is 0 Å². The lowest BCUT2D eigenvalue weighted by molar-refractivity contribution is -0.129. The summed E-state index contributed by atoms with van der Waals surface area (Å²) in [5, 5.41) is 9.84. The van der Waals surface area contributed by atoms with E-state index in [1.165, 1.54) is 0 Å². The molecule has 0 unspecified atom stereocenters. The Morgan fingerprint density at radius 2 is 2.12 bits per heavy atom. The maximum atomic E-state index is 11.7. The summed E-state index contributed by atoms with van der Waals surface area (Å²) >= 11 is 0. The quantitative estimate of drug-likeness (QED) is 0.851. The Labute approximate surface area is 98.6 Å². The molecule has 0 aliphatic carbocycles. The van der Waals surface area contributed by atoms with Crippen molar-refractivity contribution in [3.8, 4) is 0 Å². The molecule has 1 atom stereocenters. The molecule has 90 valence electrons. The van der Waals surface area contributed by atoms with Crippen molar-refractivity contribution in [2.75, 3.05) is 13.2 Å². The molecule has 5 heteroatoms. The highest BCUT2D eigenvalue weighted by molar-refractivity contribution is 5.93. The van der Waals surface area contributed by atoms with E-state index in [1.54, 1.807) is 24.3 Å². The van der Waals surface area contributed by atoms with Gasteiger partial charge in [-0.05, 0) is 5.56 Å². The Morgan fingerprint density at radius 1 is 1.41 bits per heavy atom. The number of carbonyl (C=O) groups excluding carboxylic acids is 2. The molecule has 2 amide bonds. The third-order valence-corrected chi connectivity index (χ3v) is 2.61. The van der Waals surface area contributed by atoms with E-state index in [-0.39, 0.29) is 19.6 Å². The number of ether oxygens (including phenoxy) is 1. The van der Waals surface area contributed by atoms with Crippen LogP contribution in [0.25, 0.3) is 0 Å². The topological polar surface area (TPSA) is 66.8 Å². The first-order valence-electron chi connectivity index (χ1n) is 5.38. The van der Waals surface area contributed by atoms with Crippen LogP contribution in [-0.2, 0) is 9.53 Å². The van der Waals surface area contributed by atoms with Crippen LogP contribution in [-0.4, -0.2) is 35.2 Å². The van der Waals surface area contributed by atoms with Crippen LogP contribution in [0.5, 0.6) is 0 Å². The van der Waals surface area contributed by atoms with Crippen LogP contribution in [0, 0.1) is 0 Å². The molecular formula is C12H13NO4. The number of nitrogens with zero attached hydrogens (tertiary/aromatic N) is 1. The number of hydrogen-bond acceptors (Lipinski definition) is 4. The molecule has 0 aromatic heterocycles. The van der Waals surface area contributed by atoms with Gasteiger partial charge in [0.1, 0.15) is 6.61 Å². The summed E-state index contributed by atoms with van der Waals surface area (Å²) in [6.07, 6.45) is -1.63. The van der Waals surface area contributed by atoms with E-state index >= 15 is 0 Å². The largest absolute Gasteiger partial charge is 0.447 e. The van der Waals surface area contributed by atoms with Gasteiger partial charge < -0.3 is 9.84 Å². The molecular weight excluding hydrogens is 222 g/mol. The van der Waals surface area contributed by atoms with Crippen LogP contribution in [0.3, 0.4) is 0 Å². The highest BCUT2D eigenvalue weighted by atomic mass is 16.6. The van der Waals surface area contributed by atoms with Gasteiger partial charge in [-0.1, -0.05) is 30.3 Å². The van der Waals surface area contributed by atoms with Crippen molar-refractivity contribution in [2.45, 2.75) is 12.5 Å². The molecule has 1 aromatic carbocycles. The van der Waals surface area contributed by atoms with E-state index < -0.39 is 18.1 Å². The van der Waals surface area contributed by atoms with Gasteiger partial charge in [0.25, 0.3) is 0 Å². The van der Waals surface area contributed by atoms with Gasteiger partial charge in [-0.2, -0.15) is 0 Å². The summed E-state index contributed by atoms with van der Waals surface area (Å²) in [6.45, 7) is 0.491. The summed E-state index contributed by atoms with van der Waals surface area (Å²) in [5.41, 5.74) is 0.661. The number of cyclic esters (lactones) is 1. The molecule has 1 aliphatic rings. The van der Waals surface area contributed by atoms with E-state index in [0.29, 0.717) is 5.56 Å². The summed E-state index contributed by atoms with van der Waals surface area (Å²) in [4.78, 5) is 23.9. The fourth-order valence-electron chi connectivity index (χ4n) is 1.69. The van der Waals surface area contributed by atoms with Crippen molar-refractivity contribution in [3.63, 3.8) is 0 Å². The zero-order valence-corrected chi connectivity index (χ0v) is 9.20. The van der Waals surface area contributed by atoms with Gasteiger partial charge in [-0.25, -0.2) is 9.69 Å². The lowest BCUT2D eigenvalue weighted by Gasteiger charge is -2.14. The van der Waals surface area contributed by atoms with Gasteiger partial charge in [0.15, 0.2) is 0 Å². The Bertz CT molecular complexity index is 418. The molecule has 1 heterocycles. The summed E-state index contributed by atoms with van der Waals surface area (Å²) < 4.78 is 4.66. The van der Waals surface area contributed by atoms with Gasteiger partial charge in [-0.3, -0.25) is 4.79 Å². The monoisotopic (exact) mass is 235 g/mol. The van der Waals surface area contributed by atoms with Crippen molar-refractivity contribution >= 4 is 12.0 Å². The lowest BCUT2D eigenvalue weighted by Crippen LogP contribution is -2.32. The van der Waals surface area contributed by atoms with E-state index in [0.717, 1.165) is 4.90 Å². The number of aliphatic hydroxyl groups excluding tert-OH is 1. The number of amides is 2. The van der Waals surface area contributed by atoms with Gasteiger partial charge >= 0.3 is 6.09 Å². The van der Waals surface area contributed by atoms with Crippen molar-refractivity contribution in [3.05, 3.63) is 35.9 Å². The highest BCUT2D eigenvalue weighted by Gasteiger charge is 2.29. The van der Waals surface area contributed by atoms with Crippen molar-refractivity contribution in [2.24, 2.45) is 0 Å². The molecule has 1 aliphatic heterocycles. The Morgan fingerprint density at radius 3 is 2.71 bits per heavy atom. The normalized spacial score (nSPS) is 16.8. The number of aliphatic hydroxyl groups is 1. The first kappa shape index (κ1) is 11.6. The third-order valence-electron chi connectivity index (χ3n) is 2.61. The van der Waals surface area contributed by atoms with Crippen LogP contribution in [0.4, 0.5) is 4.79 Å². The maximum absolute atomic E-state index is 11.7. The zero-order chi connectivity index (χ0) is 12.3. The van der Waals surface area contributed by atoms with Gasteiger partial charge in [0, 0.05) is 0 Å². The first-order chi connectivity index (χ1) is 8.18. The number of hydrogen-bond donors (Lipinski definition) is 1. The fraction of sp³-hybridized carbons (Fsp3) is 0.333. The van der Waals surface area contributed by atoms with E-state index in [4.69, 9.17) is 0 Å². The van der Waals surface area contributed by atoms with E-state index in [9.17, 15) is 14.7 Å². The van der Waals surface area contributed by atoms with Crippen molar-refractivity contribution in [1.82, 2.24) is 4.90 Å². The Hall–Kier alpha value is -1.88. The minimum atomic E-state index is -0.892. The number of rotatable bonds is 3. The zero-order valence-electron chi connectivity index (χ0n) is 9.20. The second-order valence-electron chi connectivity index (χ2n) is 3.79. The standard InChI is InChI=1S/C12H13NO4/c14-10(9-4-2-1-3-5-9)8-11(15)13-6-7-17-12(13)16/h1-5,10,14H,6-8H2/t10-/m0/s1. The molecule has 0 radical (unpaired) electrons. The molecule has 1 fully saturated rings. The molecule has 1 saturated heterocycles. The van der Waals surface area contributed by atoms with E-state index in [1.807, 2.05) is 6.07 Å². The number of carbonyl (C=O) groups is 2. The predicted molar refractivity (Wildman–Crippen MR) is 59.1 cm³/mol. The Balaban J connectivity index is 1.97. The van der Waals surface area contributed by atoms with Gasteiger partial charge in [0.05, 0.1) is 19.1 Å². The predicted octanol–water partition coefficient (Wildman–Crippen LogP) is 1.09. The molecule has 2 rings (SSSR count). The third kappa shape index (κ3) is 2.62. The SMILES string of the molecule is O=C(C[C@H](O)c1ccccc1)N1CCOC1=O. The second-order valence-corrected chi connectivity index (χ2v) is 3.79. The van der Waals surface area contributed by atoms with Crippen LogP contribution in [0.15, 0.2) is 30.3 Å². The summed E-state index contributed by atoms with van der Waals surface area (Å²) in [6, 6.07) is 8.87. The maximum Gasteiger partial charge on any atom is 0.416 e. The van der Waals surface area contributed by atoms with Crippen molar-refractivity contribution < 1.29 is 19.4 Å². The fourth-order valence-corrected chi connectivity index (χ4v) is 1.69. The first-order valence-corrected chi connectivity index (χ1v) is 5.38. The Kier molecular flexibility index (Phi) is 3.39. The molecule has 5 nitrogen and oxygen atoms in total. The smallest absolute Gasteiger partial charge is 0.416 e. The lowest BCUT2D eigenvalue weighted by atomic mass is 10.1. The number of imide groups is 1. The summed E-state index contributed by atoms with van der Waals surface area (Å²) in [5.74, 6) is -0.413. The molecule has 17 heavy (non-hydrogen) atoms. The molecule has 1 aromatic rings. The van der Waals surface area contributed by atoms with Gasteiger partial charge in [0.2, 0.25) is 5.91 Å².